The second kappa shape index (κ2) is 6.26. The molecule has 1 aromatic carbocycles. The average molecular weight is 265 g/mol. The van der Waals surface area contributed by atoms with Crippen molar-refractivity contribution in [3.05, 3.63) is 23.8 Å². The summed E-state index contributed by atoms with van der Waals surface area (Å²) in [6.45, 7) is 2.23. The van der Waals surface area contributed by atoms with Gasteiger partial charge < -0.3 is 20.6 Å². The number of phenols is 2. The molecule has 19 heavy (non-hydrogen) atoms. The fraction of sp³-hybridized carbons (Fsp3) is 0.600. The monoisotopic (exact) mass is 265 g/mol. The second-order valence-corrected chi connectivity index (χ2v) is 5.50. The molecule has 1 aliphatic carbocycles. The Morgan fingerprint density at radius 1 is 1.16 bits per heavy atom. The first kappa shape index (κ1) is 14.2. The van der Waals surface area contributed by atoms with Crippen LogP contribution < -0.4 is 5.32 Å². The summed E-state index contributed by atoms with van der Waals surface area (Å²) in [6, 6.07) is 4.99. The summed E-state index contributed by atoms with van der Waals surface area (Å²) in [5, 5.41) is 32.0. The van der Waals surface area contributed by atoms with Crippen LogP contribution in [0.25, 0.3) is 0 Å². The lowest BCUT2D eigenvalue weighted by Crippen LogP contribution is -2.41. The van der Waals surface area contributed by atoms with Gasteiger partial charge in [-0.3, -0.25) is 0 Å². The molecule has 0 radical (unpaired) electrons. The van der Waals surface area contributed by atoms with Crippen LogP contribution in [0.2, 0.25) is 0 Å². The summed E-state index contributed by atoms with van der Waals surface area (Å²) in [7, 11) is 0. The van der Waals surface area contributed by atoms with E-state index in [1.165, 1.54) is 18.9 Å². The highest BCUT2D eigenvalue weighted by Gasteiger charge is 2.25. The maximum Gasteiger partial charge on any atom is 0.119 e. The predicted octanol–water partition coefficient (Wildman–Crippen LogP) is 2.30. The lowest BCUT2D eigenvalue weighted by Gasteiger charge is -2.33. The van der Waals surface area contributed by atoms with Gasteiger partial charge in [0.15, 0.2) is 0 Å². The smallest absolute Gasteiger partial charge is 0.119 e. The lowest BCUT2D eigenvalue weighted by atomic mass is 9.84. The molecule has 0 saturated heterocycles. The highest BCUT2D eigenvalue weighted by molar-refractivity contribution is 5.38. The fourth-order valence-corrected chi connectivity index (χ4v) is 2.93. The topological polar surface area (TPSA) is 72.7 Å². The Morgan fingerprint density at radius 2 is 1.79 bits per heavy atom. The Labute approximate surface area is 114 Å². The Bertz CT molecular complexity index is 402. The standard InChI is InChI=1S/C15H23NO3/c1-10(12-6-13(18)8-14(19)7-12)16-15-5-3-2-4-11(15)9-17/h6-8,10-11,15-19H,2-5,9H2,1H3. The van der Waals surface area contributed by atoms with Crippen molar-refractivity contribution in [2.75, 3.05) is 6.61 Å². The predicted molar refractivity (Wildman–Crippen MR) is 74.2 cm³/mol. The molecule has 0 amide bonds. The van der Waals surface area contributed by atoms with Gasteiger partial charge in [0.25, 0.3) is 0 Å². The molecular formula is C15H23NO3. The summed E-state index contributed by atoms with van der Waals surface area (Å²) >= 11 is 0. The van der Waals surface area contributed by atoms with Crippen LogP contribution in [-0.2, 0) is 0 Å². The van der Waals surface area contributed by atoms with Crippen LogP contribution in [0.5, 0.6) is 11.5 Å². The Morgan fingerprint density at radius 3 is 2.42 bits per heavy atom. The molecule has 0 aromatic heterocycles. The molecule has 1 saturated carbocycles. The Kier molecular flexibility index (Phi) is 4.66. The second-order valence-electron chi connectivity index (χ2n) is 5.50. The van der Waals surface area contributed by atoms with Crippen molar-refractivity contribution in [1.82, 2.24) is 5.32 Å². The van der Waals surface area contributed by atoms with E-state index in [2.05, 4.69) is 5.32 Å². The number of hydrogen-bond acceptors (Lipinski definition) is 4. The first-order chi connectivity index (χ1) is 9.10. The van der Waals surface area contributed by atoms with Gasteiger partial charge in [-0.05, 0) is 43.4 Å². The van der Waals surface area contributed by atoms with Crippen LogP contribution in [0.3, 0.4) is 0 Å². The zero-order valence-electron chi connectivity index (χ0n) is 11.3. The van der Waals surface area contributed by atoms with Gasteiger partial charge >= 0.3 is 0 Å². The van der Waals surface area contributed by atoms with Crippen LogP contribution >= 0.6 is 0 Å². The van der Waals surface area contributed by atoms with E-state index in [9.17, 15) is 15.3 Å². The van der Waals surface area contributed by atoms with E-state index < -0.39 is 0 Å². The lowest BCUT2D eigenvalue weighted by molar-refractivity contribution is 0.147. The fourth-order valence-electron chi connectivity index (χ4n) is 2.93. The third kappa shape index (κ3) is 3.61. The summed E-state index contributed by atoms with van der Waals surface area (Å²) in [5.41, 5.74) is 0.861. The molecule has 1 aliphatic rings. The number of hydrogen-bond donors (Lipinski definition) is 4. The molecule has 1 aromatic rings. The van der Waals surface area contributed by atoms with Crippen molar-refractivity contribution in [1.29, 1.82) is 0 Å². The SMILES string of the molecule is CC(NC1CCCCC1CO)c1cc(O)cc(O)c1. The van der Waals surface area contributed by atoms with Crippen molar-refractivity contribution in [2.24, 2.45) is 5.92 Å². The third-order valence-corrected chi connectivity index (χ3v) is 4.03. The molecule has 0 spiro atoms. The van der Waals surface area contributed by atoms with Crippen molar-refractivity contribution in [3.63, 3.8) is 0 Å². The minimum atomic E-state index is 0.0372. The quantitative estimate of drug-likeness (QED) is 0.674. The van der Waals surface area contributed by atoms with Crippen molar-refractivity contribution >= 4 is 0 Å². The summed E-state index contributed by atoms with van der Waals surface area (Å²) in [5.74, 6) is 0.458. The molecule has 2 rings (SSSR count). The van der Waals surface area contributed by atoms with E-state index in [1.54, 1.807) is 12.1 Å². The van der Waals surface area contributed by atoms with Gasteiger partial charge in [-0.15, -0.1) is 0 Å². The van der Waals surface area contributed by atoms with E-state index >= 15 is 0 Å². The molecule has 0 heterocycles. The van der Waals surface area contributed by atoms with Crippen LogP contribution in [0, 0.1) is 5.92 Å². The van der Waals surface area contributed by atoms with E-state index in [-0.39, 0.29) is 24.1 Å². The van der Waals surface area contributed by atoms with Crippen LogP contribution in [0.1, 0.15) is 44.2 Å². The first-order valence-corrected chi connectivity index (χ1v) is 7.00. The van der Waals surface area contributed by atoms with Crippen molar-refractivity contribution in [2.45, 2.75) is 44.7 Å². The van der Waals surface area contributed by atoms with Gasteiger partial charge in [-0.25, -0.2) is 0 Å². The van der Waals surface area contributed by atoms with Crippen LogP contribution in [0.4, 0.5) is 0 Å². The molecule has 4 heteroatoms. The largest absolute Gasteiger partial charge is 0.508 e. The molecule has 3 unspecified atom stereocenters. The normalized spacial score (nSPS) is 25.2. The Balaban J connectivity index is 2.04. The number of aromatic hydroxyl groups is 2. The summed E-state index contributed by atoms with van der Waals surface area (Å²) in [4.78, 5) is 0. The molecule has 106 valence electrons. The van der Waals surface area contributed by atoms with Gasteiger partial charge in [0, 0.05) is 24.8 Å². The maximum atomic E-state index is 9.52. The van der Waals surface area contributed by atoms with E-state index in [1.807, 2.05) is 6.92 Å². The van der Waals surface area contributed by atoms with Gasteiger partial charge in [-0.2, -0.15) is 0 Å². The zero-order valence-corrected chi connectivity index (χ0v) is 11.3. The van der Waals surface area contributed by atoms with Crippen LogP contribution in [-0.4, -0.2) is 28.0 Å². The van der Waals surface area contributed by atoms with Gasteiger partial charge in [0.2, 0.25) is 0 Å². The van der Waals surface area contributed by atoms with E-state index in [0.717, 1.165) is 18.4 Å². The molecule has 0 bridgehead atoms. The third-order valence-electron chi connectivity index (χ3n) is 4.03. The maximum absolute atomic E-state index is 9.52. The Hall–Kier alpha value is -1.26. The number of phenolic OH excluding ortho intramolecular Hbond substituents is 2. The van der Waals surface area contributed by atoms with Crippen molar-refractivity contribution < 1.29 is 15.3 Å². The molecule has 0 aliphatic heterocycles. The highest BCUT2D eigenvalue weighted by atomic mass is 16.3. The van der Waals surface area contributed by atoms with Gasteiger partial charge in [-0.1, -0.05) is 12.8 Å². The molecule has 1 fully saturated rings. The first-order valence-electron chi connectivity index (χ1n) is 7.00. The summed E-state index contributed by atoms with van der Waals surface area (Å²) in [6.07, 6.45) is 4.50. The molecular weight excluding hydrogens is 242 g/mol. The minimum Gasteiger partial charge on any atom is -0.508 e. The number of aliphatic hydroxyl groups excluding tert-OH is 1. The van der Waals surface area contributed by atoms with E-state index in [4.69, 9.17) is 0 Å². The zero-order chi connectivity index (χ0) is 13.8. The molecule has 3 atom stereocenters. The van der Waals surface area contributed by atoms with Crippen LogP contribution in [0.15, 0.2) is 18.2 Å². The number of nitrogens with one attached hydrogen (secondary N) is 1. The van der Waals surface area contributed by atoms with Crippen molar-refractivity contribution in [3.8, 4) is 11.5 Å². The van der Waals surface area contributed by atoms with Gasteiger partial charge in [0.05, 0.1) is 0 Å². The number of benzene rings is 1. The molecule has 4 N–H and O–H groups in total. The number of aliphatic hydroxyl groups is 1. The average Bonchev–Trinajstić information content (AvgIpc) is 2.38. The highest BCUT2D eigenvalue weighted by Crippen LogP contribution is 2.29. The molecule has 4 nitrogen and oxygen atoms in total. The number of rotatable bonds is 4. The van der Waals surface area contributed by atoms with E-state index in [0.29, 0.717) is 12.0 Å². The van der Waals surface area contributed by atoms with Gasteiger partial charge in [0.1, 0.15) is 11.5 Å². The summed E-state index contributed by atoms with van der Waals surface area (Å²) < 4.78 is 0. The minimum absolute atomic E-state index is 0.0372.